The summed E-state index contributed by atoms with van der Waals surface area (Å²) in [7, 11) is 3.16. The average Bonchev–Trinajstić information content (AvgIpc) is 2.94. The van der Waals surface area contributed by atoms with Gasteiger partial charge in [0.2, 0.25) is 0 Å². The van der Waals surface area contributed by atoms with Crippen molar-refractivity contribution in [2.45, 2.75) is 23.5 Å². The summed E-state index contributed by atoms with van der Waals surface area (Å²) in [4.78, 5) is 28.8. The van der Waals surface area contributed by atoms with E-state index in [9.17, 15) is 18.4 Å². The summed E-state index contributed by atoms with van der Waals surface area (Å²) in [6.07, 6.45) is 0.220. The van der Waals surface area contributed by atoms with E-state index in [-0.39, 0.29) is 17.4 Å². The number of thioether (sulfide) groups is 1. The van der Waals surface area contributed by atoms with E-state index in [1.807, 2.05) is 35.8 Å². The number of likely N-dealkylation sites (N-methyl/N-ethyl adjacent to an activating group) is 1. The lowest BCUT2D eigenvalue weighted by molar-refractivity contribution is 0.0741. The Morgan fingerprint density at radius 2 is 1.97 bits per heavy atom. The molecular weight excluding hydrogens is 446 g/mol. The number of benzene rings is 2. The highest BCUT2D eigenvalue weighted by atomic mass is 32.2. The van der Waals surface area contributed by atoms with Crippen LogP contribution in [0.5, 0.6) is 0 Å². The van der Waals surface area contributed by atoms with Gasteiger partial charge in [-0.3, -0.25) is 9.59 Å². The summed E-state index contributed by atoms with van der Waals surface area (Å²) >= 11 is 1.43. The van der Waals surface area contributed by atoms with E-state index in [2.05, 4.69) is 0 Å². The number of hydrogen-bond acceptors (Lipinski definition) is 4. The summed E-state index contributed by atoms with van der Waals surface area (Å²) in [5.74, 6) is -1.72. The number of hydrogen-bond donors (Lipinski definition) is 0. The highest BCUT2D eigenvalue weighted by Crippen LogP contribution is 2.45. The van der Waals surface area contributed by atoms with Crippen LogP contribution in [0.1, 0.15) is 32.6 Å². The molecule has 0 spiro atoms. The van der Waals surface area contributed by atoms with Crippen LogP contribution in [0.3, 0.4) is 0 Å². The molecule has 2 aromatic carbocycles. The Balaban J connectivity index is 1.94. The van der Waals surface area contributed by atoms with Crippen LogP contribution in [0.4, 0.5) is 8.78 Å². The van der Waals surface area contributed by atoms with Gasteiger partial charge in [-0.15, -0.1) is 11.8 Å². The zero-order valence-corrected chi connectivity index (χ0v) is 19.4. The van der Waals surface area contributed by atoms with Crippen molar-refractivity contribution < 1.29 is 18.3 Å². The molecule has 0 radical (unpaired) electrons. The van der Waals surface area contributed by atoms with Crippen LogP contribution in [0.2, 0.25) is 0 Å². The number of amides is 1. The second-order valence-corrected chi connectivity index (χ2v) is 9.22. The van der Waals surface area contributed by atoms with E-state index in [0.29, 0.717) is 30.1 Å². The maximum absolute atomic E-state index is 14.8. The molecule has 33 heavy (non-hydrogen) atoms. The number of para-hydroxylation sites is 1. The average molecular weight is 471 g/mol. The van der Waals surface area contributed by atoms with E-state index >= 15 is 0 Å². The zero-order chi connectivity index (χ0) is 23.7. The largest absolute Gasteiger partial charge is 0.383 e. The van der Waals surface area contributed by atoms with Crippen molar-refractivity contribution in [1.82, 2.24) is 9.47 Å². The molecule has 0 unspecified atom stereocenters. The predicted molar refractivity (Wildman–Crippen MR) is 124 cm³/mol. The third-order valence-corrected chi connectivity index (χ3v) is 7.06. The number of ether oxygens (including phenoxy) is 1. The molecule has 172 valence electrons. The lowest BCUT2D eigenvalue weighted by atomic mass is 10.0. The number of methoxy groups -OCH3 is 1. The summed E-state index contributed by atoms with van der Waals surface area (Å²) in [6, 6.07) is 12.6. The molecule has 0 N–H and O–H groups in total. The van der Waals surface area contributed by atoms with Crippen LogP contribution < -0.4 is 5.43 Å². The molecule has 0 aliphatic carbocycles. The molecule has 8 heteroatoms. The van der Waals surface area contributed by atoms with Gasteiger partial charge in [0.25, 0.3) is 5.91 Å². The van der Waals surface area contributed by atoms with Gasteiger partial charge >= 0.3 is 0 Å². The van der Waals surface area contributed by atoms with Gasteiger partial charge in [0.1, 0.15) is 17.2 Å². The van der Waals surface area contributed by atoms with Crippen LogP contribution in [0.25, 0.3) is 5.69 Å². The molecular formula is C25H24F2N2O3S. The van der Waals surface area contributed by atoms with Gasteiger partial charge in [0, 0.05) is 66.4 Å². The maximum Gasteiger partial charge on any atom is 0.259 e. The lowest BCUT2D eigenvalue weighted by Gasteiger charge is -2.23. The standard InChI is InChI=1S/C25H24F2N2O3S/c1-15-12-21(30)24(25(31)28(2)10-11-32-3)20-14-23(17-9-8-16(26)13-18(17)27)33-22-7-5-4-6-19(22)29(15)20/h4-9,12-13,23H,10-11,14H2,1-3H3/t23-/m1/s1. The summed E-state index contributed by atoms with van der Waals surface area (Å²) in [5.41, 5.74) is 2.01. The van der Waals surface area contributed by atoms with Crippen molar-refractivity contribution in [2.75, 3.05) is 27.3 Å². The Labute approximate surface area is 195 Å². The summed E-state index contributed by atoms with van der Waals surface area (Å²) in [6.45, 7) is 2.47. The monoisotopic (exact) mass is 470 g/mol. The number of aromatic nitrogens is 1. The summed E-state index contributed by atoms with van der Waals surface area (Å²) in [5, 5.41) is -0.461. The quantitative estimate of drug-likeness (QED) is 0.550. The van der Waals surface area contributed by atoms with E-state index in [1.54, 1.807) is 14.2 Å². The highest BCUT2D eigenvalue weighted by Gasteiger charge is 2.31. The third kappa shape index (κ3) is 4.45. The third-order valence-electron chi connectivity index (χ3n) is 5.75. The number of nitrogens with zero attached hydrogens (tertiary/aromatic N) is 2. The first-order valence-electron chi connectivity index (χ1n) is 10.5. The Morgan fingerprint density at radius 1 is 1.21 bits per heavy atom. The first-order chi connectivity index (χ1) is 15.8. The van der Waals surface area contributed by atoms with Crippen molar-refractivity contribution in [3.63, 3.8) is 0 Å². The van der Waals surface area contributed by atoms with E-state index < -0.39 is 22.8 Å². The fourth-order valence-electron chi connectivity index (χ4n) is 4.12. The molecule has 0 bridgehead atoms. The van der Waals surface area contributed by atoms with Gasteiger partial charge in [-0.2, -0.15) is 0 Å². The minimum atomic E-state index is -0.654. The Bertz CT molecular complexity index is 1270. The van der Waals surface area contributed by atoms with Crippen molar-refractivity contribution in [1.29, 1.82) is 0 Å². The fourth-order valence-corrected chi connectivity index (χ4v) is 5.42. The second kappa shape index (κ2) is 9.49. The number of rotatable bonds is 5. The number of fused-ring (bicyclic) bond motifs is 3. The van der Waals surface area contributed by atoms with E-state index in [1.165, 1.54) is 34.9 Å². The predicted octanol–water partition coefficient (Wildman–Crippen LogP) is 4.53. The maximum atomic E-state index is 14.8. The zero-order valence-electron chi connectivity index (χ0n) is 18.6. The van der Waals surface area contributed by atoms with Crippen molar-refractivity contribution in [3.8, 4) is 5.69 Å². The number of carbonyl (C=O) groups is 1. The van der Waals surface area contributed by atoms with Gasteiger partial charge < -0.3 is 14.2 Å². The van der Waals surface area contributed by atoms with Gasteiger partial charge in [0.05, 0.1) is 12.3 Å². The van der Waals surface area contributed by atoms with Crippen molar-refractivity contribution >= 4 is 17.7 Å². The first-order valence-corrected chi connectivity index (χ1v) is 11.4. The Kier molecular flexibility index (Phi) is 6.67. The number of carbonyl (C=O) groups excluding carboxylic acids is 1. The molecule has 1 aliphatic heterocycles. The molecule has 0 fully saturated rings. The van der Waals surface area contributed by atoms with Gasteiger partial charge in [0.15, 0.2) is 5.43 Å². The van der Waals surface area contributed by atoms with Crippen LogP contribution in [-0.2, 0) is 11.2 Å². The van der Waals surface area contributed by atoms with Gasteiger partial charge in [-0.1, -0.05) is 18.2 Å². The normalized spacial score (nSPS) is 14.9. The molecule has 0 saturated heterocycles. The topological polar surface area (TPSA) is 51.5 Å². The first kappa shape index (κ1) is 23.2. The van der Waals surface area contributed by atoms with Crippen LogP contribution in [0.15, 0.2) is 58.2 Å². The molecule has 1 atom stereocenters. The number of pyridine rings is 1. The van der Waals surface area contributed by atoms with Gasteiger partial charge in [-0.25, -0.2) is 8.78 Å². The molecule has 2 heterocycles. The van der Waals surface area contributed by atoms with Crippen LogP contribution >= 0.6 is 11.8 Å². The smallest absolute Gasteiger partial charge is 0.259 e. The molecule has 1 amide bonds. The van der Waals surface area contributed by atoms with Crippen molar-refractivity contribution in [3.05, 3.63) is 92.9 Å². The second-order valence-electron chi connectivity index (χ2n) is 7.97. The molecule has 3 aromatic rings. The van der Waals surface area contributed by atoms with Crippen LogP contribution in [0, 0.1) is 18.6 Å². The SMILES string of the molecule is COCCN(C)C(=O)c1c2n(c(C)cc1=O)-c1ccccc1S[C@@H](c1ccc(F)cc1F)C2. The van der Waals surface area contributed by atoms with E-state index in [4.69, 9.17) is 4.74 Å². The Hall–Kier alpha value is -2.97. The summed E-state index contributed by atoms with van der Waals surface area (Å²) < 4.78 is 35.4. The number of aryl methyl sites for hydroxylation is 1. The molecule has 5 nitrogen and oxygen atoms in total. The molecule has 1 aromatic heterocycles. The minimum absolute atomic E-state index is 0.0593. The Morgan fingerprint density at radius 3 is 2.70 bits per heavy atom. The lowest BCUT2D eigenvalue weighted by Crippen LogP contribution is -2.36. The van der Waals surface area contributed by atoms with Crippen LogP contribution in [-0.4, -0.2) is 42.7 Å². The van der Waals surface area contributed by atoms with E-state index in [0.717, 1.165) is 16.6 Å². The van der Waals surface area contributed by atoms with Crippen molar-refractivity contribution in [2.24, 2.45) is 0 Å². The van der Waals surface area contributed by atoms with Gasteiger partial charge in [-0.05, 0) is 25.1 Å². The minimum Gasteiger partial charge on any atom is -0.383 e. The fraction of sp³-hybridized carbons (Fsp3) is 0.280. The molecule has 4 rings (SSSR count). The molecule has 0 saturated carbocycles. The number of halogens is 2. The molecule has 1 aliphatic rings. The highest BCUT2D eigenvalue weighted by molar-refractivity contribution is 7.99.